The molecule has 0 saturated carbocycles. The Bertz CT molecular complexity index is 1310. The maximum absolute atomic E-state index is 13.3. The van der Waals surface area contributed by atoms with Gasteiger partial charge in [-0.15, -0.1) is 0 Å². The highest BCUT2D eigenvalue weighted by atomic mass is 35.5. The number of halogens is 1. The van der Waals surface area contributed by atoms with E-state index in [9.17, 15) is 8.42 Å². The summed E-state index contributed by atoms with van der Waals surface area (Å²) in [6.07, 6.45) is -0.215. The van der Waals surface area contributed by atoms with Crippen molar-refractivity contribution in [3.05, 3.63) is 82.9 Å². The van der Waals surface area contributed by atoms with Gasteiger partial charge in [-0.3, -0.25) is 4.90 Å². The molecule has 3 aromatic carbocycles. The van der Waals surface area contributed by atoms with Gasteiger partial charge in [0, 0.05) is 43.8 Å². The highest BCUT2D eigenvalue weighted by Crippen LogP contribution is 2.31. The topological polar surface area (TPSA) is 77.5 Å². The molecule has 0 N–H and O–H groups in total. The van der Waals surface area contributed by atoms with Crippen LogP contribution < -0.4 is 14.2 Å². The smallest absolute Gasteiger partial charge is 0.243 e. The molecule has 0 radical (unpaired) electrons. The number of nitrogens with zero attached hydrogens (tertiary/aromatic N) is 2. The number of rotatable bonds is 11. The summed E-state index contributed by atoms with van der Waals surface area (Å²) in [5.41, 5.74) is 2.02. The van der Waals surface area contributed by atoms with Crippen LogP contribution in [0, 0.1) is 0 Å². The molecular formula is C28H33ClN2O6S. The number of methoxy groups -OCH3 is 3. The van der Waals surface area contributed by atoms with Crippen LogP contribution in [0.2, 0.25) is 5.02 Å². The summed E-state index contributed by atoms with van der Waals surface area (Å²) in [5, 5.41) is 0.661. The van der Waals surface area contributed by atoms with E-state index >= 15 is 0 Å². The van der Waals surface area contributed by atoms with E-state index in [1.165, 1.54) is 24.6 Å². The lowest BCUT2D eigenvalue weighted by atomic mass is 10.1. The summed E-state index contributed by atoms with van der Waals surface area (Å²) in [4.78, 5) is 2.41. The lowest BCUT2D eigenvalue weighted by molar-refractivity contribution is 0.00767. The Labute approximate surface area is 229 Å². The molecule has 1 aliphatic rings. The monoisotopic (exact) mass is 560 g/mol. The van der Waals surface area contributed by atoms with Gasteiger partial charge in [0.25, 0.3) is 0 Å². The first-order valence-corrected chi connectivity index (χ1v) is 14.1. The van der Waals surface area contributed by atoms with Gasteiger partial charge in [-0.2, -0.15) is 4.31 Å². The molecular weight excluding hydrogens is 528 g/mol. The zero-order chi connectivity index (χ0) is 27.1. The van der Waals surface area contributed by atoms with Crippen molar-refractivity contribution in [2.75, 3.05) is 54.1 Å². The summed E-state index contributed by atoms with van der Waals surface area (Å²) in [6, 6.07) is 20.1. The zero-order valence-corrected chi connectivity index (χ0v) is 23.4. The minimum absolute atomic E-state index is 0.185. The average molecular weight is 561 g/mol. The fourth-order valence-corrected chi connectivity index (χ4v) is 5.97. The third-order valence-electron chi connectivity index (χ3n) is 6.58. The van der Waals surface area contributed by atoms with Crippen LogP contribution in [0.25, 0.3) is 0 Å². The molecule has 1 aliphatic heterocycles. The molecule has 1 atom stereocenters. The normalized spacial score (nSPS) is 15.7. The molecule has 0 amide bonds. The van der Waals surface area contributed by atoms with E-state index in [1.54, 1.807) is 19.2 Å². The molecule has 1 fully saturated rings. The lowest BCUT2D eigenvalue weighted by Gasteiger charge is -2.36. The van der Waals surface area contributed by atoms with E-state index in [4.69, 9.17) is 30.5 Å². The predicted molar refractivity (Wildman–Crippen MR) is 147 cm³/mol. The second kappa shape index (κ2) is 12.8. The minimum atomic E-state index is -3.67. The molecule has 10 heteroatoms. The first kappa shape index (κ1) is 28.2. The Morgan fingerprint density at radius 1 is 0.842 bits per heavy atom. The number of sulfonamides is 1. The summed E-state index contributed by atoms with van der Waals surface area (Å²) in [6.45, 7) is 2.95. The van der Waals surface area contributed by atoms with Crippen LogP contribution in [0.3, 0.4) is 0 Å². The maximum atomic E-state index is 13.3. The van der Waals surface area contributed by atoms with Gasteiger partial charge in [0.2, 0.25) is 10.0 Å². The van der Waals surface area contributed by atoms with Crippen molar-refractivity contribution in [1.29, 1.82) is 0 Å². The highest BCUT2D eigenvalue weighted by Gasteiger charge is 2.30. The molecule has 1 saturated heterocycles. The van der Waals surface area contributed by atoms with Gasteiger partial charge in [-0.05, 0) is 47.5 Å². The SMILES string of the molecule is COc1cccc(CO[C@H](CN2CCN(S(=O)(=O)c3ccc(OC)c(OC)c3)CC2)c2ccc(Cl)cc2)c1. The summed E-state index contributed by atoms with van der Waals surface area (Å²) >= 11 is 6.12. The number of piperazine rings is 1. The average Bonchev–Trinajstić information content (AvgIpc) is 2.95. The molecule has 3 aromatic rings. The van der Waals surface area contributed by atoms with Crippen molar-refractivity contribution in [2.45, 2.75) is 17.6 Å². The number of hydrogen-bond donors (Lipinski definition) is 0. The van der Waals surface area contributed by atoms with Crippen molar-refractivity contribution >= 4 is 21.6 Å². The second-order valence-electron chi connectivity index (χ2n) is 8.92. The predicted octanol–water partition coefficient (Wildman–Crippen LogP) is 4.63. The molecule has 38 heavy (non-hydrogen) atoms. The molecule has 0 bridgehead atoms. The number of benzene rings is 3. The van der Waals surface area contributed by atoms with Crippen molar-refractivity contribution in [3.63, 3.8) is 0 Å². The van der Waals surface area contributed by atoms with Gasteiger partial charge in [0.05, 0.1) is 38.9 Å². The van der Waals surface area contributed by atoms with E-state index in [0.29, 0.717) is 55.9 Å². The minimum Gasteiger partial charge on any atom is -0.497 e. The van der Waals surface area contributed by atoms with Gasteiger partial charge in [-0.1, -0.05) is 35.9 Å². The van der Waals surface area contributed by atoms with E-state index in [2.05, 4.69) is 4.90 Å². The van der Waals surface area contributed by atoms with Gasteiger partial charge in [-0.25, -0.2) is 8.42 Å². The van der Waals surface area contributed by atoms with Crippen LogP contribution in [0.1, 0.15) is 17.2 Å². The van der Waals surface area contributed by atoms with Crippen molar-refractivity contribution < 1.29 is 27.4 Å². The molecule has 8 nitrogen and oxygen atoms in total. The third-order valence-corrected chi connectivity index (χ3v) is 8.72. The van der Waals surface area contributed by atoms with Gasteiger partial charge < -0.3 is 18.9 Å². The van der Waals surface area contributed by atoms with Gasteiger partial charge >= 0.3 is 0 Å². The van der Waals surface area contributed by atoms with E-state index < -0.39 is 10.0 Å². The Kier molecular flexibility index (Phi) is 9.51. The van der Waals surface area contributed by atoms with E-state index in [1.807, 2.05) is 48.5 Å². The van der Waals surface area contributed by atoms with Gasteiger partial charge in [0.1, 0.15) is 5.75 Å². The molecule has 0 aliphatic carbocycles. The fourth-order valence-electron chi connectivity index (χ4n) is 4.40. The molecule has 0 unspecified atom stereocenters. The standard InChI is InChI=1S/C28H33ClN2O6S/c1-34-24-6-4-5-21(17-24)20-37-28(22-7-9-23(29)10-8-22)19-30-13-15-31(16-14-30)38(32,33)25-11-12-26(35-2)27(18-25)36-3/h4-12,17-18,28H,13-16,19-20H2,1-3H3/t28-/m1/s1. The molecule has 204 valence electrons. The van der Waals surface area contributed by atoms with Crippen molar-refractivity contribution in [3.8, 4) is 17.2 Å². The first-order chi connectivity index (χ1) is 18.3. The molecule has 0 aromatic heterocycles. The summed E-state index contributed by atoms with van der Waals surface area (Å²) < 4.78 is 50.4. The third kappa shape index (κ3) is 6.78. The summed E-state index contributed by atoms with van der Waals surface area (Å²) in [7, 11) is 0.976. The van der Waals surface area contributed by atoms with Crippen LogP contribution in [0.4, 0.5) is 0 Å². The zero-order valence-electron chi connectivity index (χ0n) is 21.8. The molecule has 0 spiro atoms. The number of hydrogen-bond acceptors (Lipinski definition) is 7. The first-order valence-electron chi connectivity index (χ1n) is 12.3. The largest absolute Gasteiger partial charge is 0.497 e. The van der Waals surface area contributed by atoms with Crippen LogP contribution in [-0.2, 0) is 21.4 Å². The Balaban J connectivity index is 1.43. The van der Waals surface area contributed by atoms with Crippen molar-refractivity contribution in [1.82, 2.24) is 9.21 Å². The Morgan fingerprint density at radius 3 is 2.21 bits per heavy atom. The molecule has 4 rings (SSSR count). The highest BCUT2D eigenvalue weighted by molar-refractivity contribution is 7.89. The Hall–Kier alpha value is -2.82. The second-order valence-corrected chi connectivity index (χ2v) is 11.3. The fraction of sp³-hybridized carbons (Fsp3) is 0.357. The van der Waals surface area contributed by atoms with Crippen LogP contribution in [0.5, 0.6) is 17.2 Å². The van der Waals surface area contributed by atoms with E-state index in [0.717, 1.165) is 16.9 Å². The van der Waals surface area contributed by atoms with Crippen LogP contribution in [-0.4, -0.2) is 71.7 Å². The van der Waals surface area contributed by atoms with E-state index in [-0.39, 0.29) is 11.0 Å². The Morgan fingerprint density at radius 2 is 1.55 bits per heavy atom. The van der Waals surface area contributed by atoms with Gasteiger partial charge in [0.15, 0.2) is 11.5 Å². The number of ether oxygens (including phenoxy) is 4. The maximum Gasteiger partial charge on any atom is 0.243 e. The van der Waals surface area contributed by atoms with Crippen molar-refractivity contribution in [2.24, 2.45) is 0 Å². The molecule has 1 heterocycles. The lowest BCUT2D eigenvalue weighted by Crippen LogP contribution is -2.49. The quantitative estimate of drug-likeness (QED) is 0.338. The van der Waals surface area contributed by atoms with Crippen LogP contribution in [0.15, 0.2) is 71.6 Å². The van der Waals surface area contributed by atoms with Crippen LogP contribution >= 0.6 is 11.6 Å². The summed E-state index contributed by atoms with van der Waals surface area (Å²) in [5.74, 6) is 1.64.